The van der Waals surface area contributed by atoms with Gasteiger partial charge in [-0.25, -0.2) is 0 Å². The standard InChI is InChI=1S/C29H38IO5P/c1-8-18(2)22-27(5)25(31)28(6)24-26(27,4)23(35-22)19(3)15-29(24,16-33-28)17-34-36(32-7)14-13-20-11-9-10-12-21(20)30/h8-12,15,22-24H,13-14,16-17H2,1-7H3/b18-8+/t22-,23?,24+,26-,27+,28?,29-,36?/m0/s1. The molecule has 5 nitrogen and oxygen atoms in total. The van der Waals surface area contributed by atoms with Gasteiger partial charge in [-0.2, -0.15) is 0 Å². The maximum absolute atomic E-state index is 14.3. The summed E-state index contributed by atoms with van der Waals surface area (Å²) < 4.78 is 26.9. The maximum Gasteiger partial charge on any atom is 0.174 e. The Morgan fingerprint density at radius 1 is 1.28 bits per heavy atom. The van der Waals surface area contributed by atoms with Crippen molar-refractivity contribution in [2.75, 3.05) is 26.5 Å². The number of carbonyl (C=O) groups is 1. The number of rotatable bonds is 8. The average molecular weight is 624 g/mol. The lowest BCUT2D eigenvalue weighted by Crippen LogP contribution is -2.54. The van der Waals surface area contributed by atoms with Crippen molar-refractivity contribution in [3.63, 3.8) is 0 Å². The van der Waals surface area contributed by atoms with Gasteiger partial charge in [0.2, 0.25) is 0 Å². The average Bonchev–Trinajstić information content (AvgIpc) is 3.34. The third-order valence-electron chi connectivity index (χ3n) is 9.75. The molecule has 4 aliphatic rings. The summed E-state index contributed by atoms with van der Waals surface area (Å²) in [6, 6.07) is 8.45. The molecule has 2 aliphatic carbocycles. The van der Waals surface area contributed by atoms with E-state index in [1.165, 1.54) is 14.7 Å². The van der Waals surface area contributed by atoms with E-state index in [4.69, 9.17) is 18.5 Å². The molecule has 0 radical (unpaired) electrons. The highest BCUT2D eigenvalue weighted by Crippen LogP contribution is 2.76. The predicted molar refractivity (Wildman–Crippen MR) is 151 cm³/mol. The Hall–Kier alpha value is -0.630. The van der Waals surface area contributed by atoms with E-state index in [0.717, 1.165) is 18.2 Å². The van der Waals surface area contributed by atoms with Gasteiger partial charge >= 0.3 is 0 Å². The van der Waals surface area contributed by atoms with Gasteiger partial charge in [-0.3, -0.25) is 4.79 Å². The highest BCUT2D eigenvalue weighted by atomic mass is 127. The smallest absolute Gasteiger partial charge is 0.174 e. The van der Waals surface area contributed by atoms with Gasteiger partial charge in [0.05, 0.1) is 30.8 Å². The van der Waals surface area contributed by atoms with E-state index in [1.807, 2.05) is 13.8 Å². The predicted octanol–water partition coefficient (Wildman–Crippen LogP) is 6.49. The van der Waals surface area contributed by atoms with Crippen LogP contribution in [0.15, 0.2) is 47.6 Å². The van der Waals surface area contributed by atoms with Gasteiger partial charge in [0.1, 0.15) is 5.60 Å². The second-order valence-corrected chi connectivity index (χ2v) is 14.4. The zero-order chi connectivity index (χ0) is 26.1. The largest absolute Gasteiger partial charge is 0.366 e. The molecule has 7 heteroatoms. The fraction of sp³-hybridized carbons (Fsp3) is 0.621. The molecule has 2 heterocycles. The van der Waals surface area contributed by atoms with E-state index in [-0.39, 0.29) is 34.7 Å². The normalized spacial score (nSPS) is 42.0. The van der Waals surface area contributed by atoms with Gasteiger partial charge in [0, 0.05) is 33.6 Å². The Bertz CT molecular complexity index is 1130. The first kappa shape index (κ1) is 27.0. The van der Waals surface area contributed by atoms with Crippen molar-refractivity contribution in [3.8, 4) is 0 Å². The van der Waals surface area contributed by atoms with Gasteiger partial charge in [0.25, 0.3) is 0 Å². The van der Waals surface area contributed by atoms with Crippen LogP contribution in [0.4, 0.5) is 0 Å². The molecule has 0 N–H and O–H groups in total. The van der Waals surface area contributed by atoms with Crippen LogP contribution in [0, 0.1) is 25.7 Å². The lowest BCUT2D eigenvalue weighted by Gasteiger charge is -2.50. The first-order valence-electron chi connectivity index (χ1n) is 12.8. The molecule has 3 fully saturated rings. The number of carbonyl (C=O) groups excluding carboxylic acids is 1. The monoisotopic (exact) mass is 624 g/mol. The highest BCUT2D eigenvalue weighted by Gasteiger charge is 2.84. The summed E-state index contributed by atoms with van der Waals surface area (Å²) in [4.78, 5) is 14.3. The van der Waals surface area contributed by atoms with Crippen LogP contribution in [0.2, 0.25) is 0 Å². The van der Waals surface area contributed by atoms with E-state index < -0.39 is 19.4 Å². The van der Waals surface area contributed by atoms with Crippen molar-refractivity contribution in [2.24, 2.45) is 22.2 Å². The molecule has 0 aromatic heterocycles. The summed E-state index contributed by atoms with van der Waals surface area (Å²) in [6.45, 7) is 13.6. The number of Topliss-reactive ketones (excluding diaryl/α,β-unsaturated/α-hetero) is 1. The second kappa shape index (κ2) is 9.24. The van der Waals surface area contributed by atoms with Crippen molar-refractivity contribution in [3.05, 3.63) is 56.7 Å². The molecular weight excluding hydrogens is 586 g/mol. The molecule has 0 amide bonds. The Morgan fingerprint density at radius 3 is 2.67 bits per heavy atom. The molecule has 0 spiro atoms. The van der Waals surface area contributed by atoms with Crippen molar-refractivity contribution < 1.29 is 23.3 Å². The van der Waals surface area contributed by atoms with Gasteiger partial charge in [0.15, 0.2) is 14.2 Å². The number of hydrogen-bond donors (Lipinski definition) is 0. The second-order valence-electron chi connectivity index (χ2n) is 11.5. The fourth-order valence-electron chi connectivity index (χ4n) is 8.09. The van der Waals surface area contributed by atoms with Crippen LogP contribution in [0.1, 0.15) is 47.1 Å². The maximum atomic E-state index is 14.3. The first-order valence-corrected chi connectivity index (χ1v) is 15.3. The topological polar surface area (TPSA) is 54.0 Å². The molecule has 8 atom stereocenters. The zero-order valence-corrected chi connectivity index (χ0v) is 25.4. The van der Waals surface area contributed by atoms with Crippen LogP contribution in [0.5, 0.6) is 0 Å². The summed E-state index contributed by atoms with van der Waals surface area (Å²) in [6.07, 6.45) is 5.77. The van der Waals surface area contributed by atoms with E-state index in [9.17, 15) is 4.79 Å². The van der Waals surface area contributed by atoms with Crippen molar-refractivity contribution in [2.45, 2.75) is 65.8 Å². The number of ether oxygens (including phenoxy) is 2. The van der Waals surface area contributed by atoms with Crippen LogP contribution in [-0.2, 0) is 29.7 Å². The Morgan fingerprint density at radius 2 is 2.00 bits per heavy atom. The molecule has 0 bridgehead atoms. The van der Waals surface area contributed by atoms with Crippen LogP contribution in [0.3, 0.4) is 0 Å². The number of ketones is 1. The minimum absolute atomic E-state index is 0.0258. The molecule has 1 saturated carbocycles. The summed E-state index contributed by atoms with van der Waals surface area (Å²) in [7, 11) is 0.666. The van der Waals surface area contributed by atoms with Gasteiger partial charge in [-0.05, 0) is 86.4 Å². The fourth-order valence-corrected chi connectivity index (χ4v) is 9.97. The van der Waals surface area contributed by atoms with Crippen molar-refractivity contribution in [1.29, 1.82) is 0 Å². The molecule has 1 aromatic rings. The molecule has 1 aromatic carbocycles. The van der Waals surface area contributed by atoms with Gasteiger partial charge in [-0.1, -0.05) is 37.3 Å². The first-order chi connectivity index (χ1) is 17.0. The number of halogens is 1. The minimum Gasteiger partial charge on any atom is -0.366 e. The Labute approximate surface area is 230 Å². The quantitative estimate of drug-likeness (QED) is 0.188. The number of allylic oxidation sites excluding steroid dienone is 1. The van der Waals surface area contributed by atoms with Crippen LogP contribution >= 0.6 is 31.0 Å². The number of benzene rings is 1. The van der Waals surface area contributed by atoms with Crippen LogP contribution in [0.25, 0.3) is 0 Å². The number of aryl methyl sites for hydroxylation is 1. The Kier molecular flexibility index (Phi) is 6.92. The number of hydrogen-bond acceptors (Lipinski definition) is 5. The summed E-state index contributed by atoms with van der Waals surface area (Å²) in [5.74, 6) is 0.149. The van der Waals surface area contributed by atoms with E-state index in [2.05, 4.69) is 86.7 Å². The summed E-state index contributed by atoms with van der Waals surface area (Å²) >= 11 is 2.39. The zero-order valence-electron chi connectivity index (χ0n) is 22.4. The van der Waals surface area contributed by atoms with E-state index in [1.54, 1.807) is 7.11 Å². The lowest BCUT2D eigenvalue weighted by atomic mass is 9.51. The highest BCUT2D eigenvalue weighted by molar-refractivity contribution is 14.1. The van der Waals surface area contributed by atoms with Crippen LogP contribution in [-0.4, -0.2) is 50.1 Å². The third-order valence-corrected chi connectivity index (χ3v) is 12.2. The summed E-state index contributed by atoms with van der Waals surface area (Å²) in [5, 5.41) is 0. The minimum atomic E-state index is -1.07. The molecule has 5 rings (SSSR count). The molecule has 2 aliphatic heterocycles. The summed E-state index contributed by atoms with van der Waals surface area (Å²) in [5.41, 5.74) is 1.31. The molecule has 3 unspecified atom stereocenters. The lowest BCUT2D eigenvalue weighted by molar-refractivity contribution is -0.145. The van der Waals surface area contributed by atoms with Crippen molar-refractivity contribution in [1.82, 2.24) is 0 Å². The van der Waals surface area contributed by atoms with E-state index >= 15 is 0 Å². The third kappa shape index (κ3) is 3.47. The molecule has 196 valence electrons. The van der Waals surface area contributed by atoms with E-state index in [0.29, 0.717) is 13.2 Å². The van der Waals surface area contributed by atoms with Gasteiger partial charge < -0.3 is 18.5 Å². The molecule has 36 heavy (non-hydrogen) atoms. The Balaban J connectivity index is 1.45. The van der Waals surface area contributed by atoms with Gasteiger partial charge in [-0.15, -0.1) is 0 Å². The molecular formula is C29H38IO5P. The SMILES string of the molecule is C/C=C(\C)[C@@H]1OC2C(C)=C[C@@]3(COP(CCc4ccccc4I)OC)COC4(C)C(=O)[C@]1(C)[C@]2(C)[C@H]43. The molecule has 2 saturated heterocycles. The van der Waals surface area contributed by atoms with Crippen molar-refractivity contribution >= 4 is 36.7 Å². The van der Waals surface area contributed by atoms with Crippen LogP contribution < -0.4 is 0 Å².